The molecule has 7 heteroatoms. The van der Waals surface area contributed by atoms with Gasteiger partial charge in [0, 0.05) is 25.6 Å². The summed E-state index contributed by atoms with van der Waals surface area (Å²) < 4.78 is 10.5. The lowest BCUT2D eigenvalue weighted by Crippen LogP contribution is -2.35. The Morgan fingerprint density at radius 2 is 1.86 bits per heavy atom. The van der Waals surface area contributed by atoms with E-state index in [4.69, 9.17) is 9.47 Å². The molecule has 7 nitrogen and oxygen atoms in total. The summed E-state index contributed by atoms with van der Waals surface area (Å²) in [4.78, 5) is 25.5. The van der Waals surface area contributed by atoms with Gasteiger partial charge in [-0.1, -0.05) is 12.2 Å². The van der Waals surface area contributed by atoms with Crippen LogP contribution in [-0.4, -0.2) is 64.1 Å². The monoisotopic (exact) mass is 311 g/mol. The lowest BCUT2D eigenvalue weighted by molar-refractivity contribution is -0.121. The van der Waals surface area contributed by atoms with Crippen LogP contribution in [0.3, 0.4) is 0 Å². The number of carbonyl (C=O) groups excluding carboxylic acids is 2. The second kappa shape index (κ2) is 12.0. The lowest BCUT2D eigenvalue weighted by Gasteiger charge is -2.18. The molecule has 124 valence electrons. The highest BCUT2D eigenvalue weighted by Gasteiger charge is 2.09. The molecule has 0 aromatic carbocycles. The summed E-state index contributed by atoms with van der Waals surface area (Å²) in [6.07, 6.45) is 5.96. The Kier molecular flexibility index (Phi) is 10.1. The number of amides is 2. The Balaban J connectivity index is 1.78. The van der Waals surface area contributed by atoms with Crippen LogP contribution in [0, 0.1) is 0 Å². The molecule has 2 N–H and O–H groups in total. The SMILES string of the molecule is C=NC(=O)CCOCCOCCNC(=O)CCNC1C=CC1. The molecule has 0 aliphatic heterocycles. The number of nitrogens with one attached hydrogen (secondary N) is 2. The minimum Gasteiger partial charge on any atom is -0.379 e. The van der Waals surface area contributed by atoms with Crippen molar-refractivity contribution in [1.29, 1.82) is 0 Å². The van der Waals surface area contributed by atoms with Crippen LogP contribution in [0.4, 0.5) is 0 Å². The third-order valence-corrected chi connectivity index (χ3v) is 3.09. The summed E-state index contributed by atoms with van der Waals surface area (Å²) in [7, 11) is 0. The first kappa shape index (κ1) is 18.5. The van der Waals surface area contributed by atoms with Gasteiger partial charge in [0.25, 0.3) is 0 Å². The van der Waals surface area contributed by atoms with Crippen LogP contribution < -0.4 is 10.6 Å². The molecule has 1 aliphatic rings. The van der Waals surface area contributed by atoms with E-state index in [0.717, 1.165) is 6.42 Å². The van der Waals surface area contributed by atoms with Gasteiger partial charge in [0.2, 0.25) is 11.8 Å². The van der Waals surface area contributed by atoms with E-state index in [1.165, 1.54) is 0 Å². The van der Waals surface area contributed by atoms with Crippen LogP contribution in [0.25, 0.3) is 0 Å². The van der Waals surface area contributed by atoms with E-state index in [-0.39, 0.29) is 18.2 Å². The van der Waals surface area contributed by atoms with E-state index >= 15 is 0 Å². The number of nitrogens with zero attached hydrogens (tertiary/aromatic N) is 1. The first-order valence-electron chi connectivity index (χ1n) is 7.54. The summed E-state index contributed by atoms with van der Waals surface area (Å²) >= 11 is 0. The number of hydrogen-bond donors (Lipinski definition) is 2. The van der Waals surface area contributed by atoms with Gasteiger partial charge in [-0.05, 0) is 13.1 Å². The van der Waals surface area contributed by atoms with Crippen molar-refractivity contribution in [2.75, 3.05) is 39.5 Å². The fourth-order valence-electron chi connectivity index (χ4n) is 1.71. The van der Waals surface area contributed by atoms with Gasteiger partial charge in [-0.25, -0.2) is 4.99 Å². The predicted molar refractivity (Wildman–Crippen MR) is 84.0 cm³/mol. The maximum absolute atomic E-state index is 11.5. The zero-order valence-corrected chi connectivity index (χ0v) is 12.9. The molecule has 0 aromatic rings. The summed E-state index contributed by atoms with van der Waals surface area (Å²) in [5, 5.41) is 6.05. The third kappa shape index (κ3) is 9.38. The molecule has 1 atom stereocenters. The molecule has 0 heterocycles. The minimum atomic E-state index is -0.272. The Labute approximate surface area is 131 Å². The van der Waals surface area contributed by atoms with Gasteiger partial charge in [-0.2, -0.15) is 0 Å². The average Bonchev–Trinajstić information content (AvgIpc) is 2.47. The van der Waals surface area contributed by atoms with Crippen molar-refractivity contribution in [3.05, 3.63) is 12.2 Å². The Morgan fingerprint density at radius 1 is 1.14 bits per heavy atom. The first-order chi connectivity index (χ1) is 10.7. The smallest absolute Gasteiger partial charge is 0.247 e. The molecule has 0 fully saturated rings. The molecule has 1 unspecified atom stereocenters. The lowest BCUT2D eigenvalue weighted by atomic mass is 10.0. The minimum absolute atomic E-state index is 0.0195. The molecular weight excluding hydrogens is 286 g/mol. The Hall–Kier alpha value is -1.57. The van der Waals surface area contributed by atoms with Crippen LogP contribution in [0.2, 0.25) is 0 Å². The molecule has 1 rings (SSSR count). The van der Waals surface area contributed by atoms with E-state index in [1.54, 1.807) is 0 Å². The van der Waals surface area contributed by atoms with Crippen molar-refractivity contribution >= 4 is 18.5 Å². The fourth-order valence-corrected chi connectivity index (χ4v) is 1.71. The second-order valence-corrected chi connectivity index (χ2v) is 4.85. The van der Waals surface area contributed by atoms with Crippen molar-refractivity contribution in [3.8, 4) is 0 Å². The average molecular weight is 311 g/mol. The molecule has 1 aliphatic carbocycles. The molecule has 2 amide bonds. The highest BCUT2D eigenvalue weighted by atomic mass is 16.5. The van der Waals surface area contributed by atoms with Crippen LogP contribution in [0.5, 0.6) is 0 Å². The molecule has 0 bridgehead atoms. The van der Waals surface area contributed by atoms with E-state index in [0.29, 0.717) is 52.0 Å². The fraction of sp³-hybridized carbons (Fsp3) is 0.667. The number of aliphatic imine (C=N–C) groups is 1. The van der Waals surface area contributed by atoms with Crippen molar-refractivity contribution in [2.24, 2.45) is 4.99 Å². The molecule has 22 heavy (non-hydrogen) atoms. The van der Waals surface area contributed by atoms with Crippen molar-refractivity contribution in [1.82, 2.24) is 10.6 Å². The second-order valence-electron chi connectivity index (χ2n) is 4.85. The number of rotatable bonds is 13. The van der Waals surface area contributed by atoms with Crippen molar-refractivity contribution < 1.29 is 19.1 Å². The summed E-state index contributed by atoms with van der Waals surface area (Å²) in [6, 6.07) is 0.439. The molecule has 0 spiro atoms. The van der Waals surface area contributed by atoms with Gasteiger partial charge in [-0.3, -0.25) is 9.59 Å². The topological polar surface area (TPSA) is 89.0 Å². The van der Waals surface area contributed by atoms with Gasteiger partial charge in [0.1, 0.15) is 0 Å². The number of carbonyl (C=O) groups is 2. The predicted octanol–water partition coefficient (Wildman–Crippen LogP) is 0.0613. The van der Waals surface area contributed by atoms with E-state index < -0.39 is 0 Å². The standard InChI is InChI=1S/C15H25N3O4/c1-16-14(19)6-9-21-11-12-22-10-8-18-15(20)5-7-17-13-3-2-4-13/h2-3,13,17H,1,4-12H2,(H,18,20). The van der Waals surface area contributed by atoms with Crippen LogP contribution in [0.1, 0.15) is 19.3 Å². The van der Waals surface area contributed by atoms with Gasteiger partial charge < -0.3 is 20.1 Å². The van der Waals surface area contributed by atoms with E-state index in [1.807, 2.05) is 0 Å². The maximum atomic E-state index is 11.5. The molecular formula is C15H25N3O4. The van der Waals surface area contributed by atoms with Gasteiger partial charge in [-0.15, -0.1) is 0 Å². The summed E-state index contributed by atoms with van der Waals surface area (Å²) in [6.45, 7) is 5.92. The molecule has 0 aromatic heterocycles. The molecule has 0 saturated heterocycles. The van der Waals surface area contributed by atoms with Crippen LogP contribution >= 0.6 is 0 Å². The Bertz CT molecular complexity index is 385. The summed E-state index contributed by atoms with van der Waals surface area (Å²) in [5.74, 6) is -0.252. The zero-order valence-electron chi connectivity index (χ0n) is 12.9. The third-order valence-electron chi connectivity index (χ3n) is 3.09. The largest absolute Gasteiger partial charge is 0.379 e. The quantitative estimate of drug-likeness (QED) is 0.285. The highest BCUT2D eigenvalue weighted by molar-refractivity contribution is 5.80. The summed E-state index contributed by atoms with van der Waals surface area (Å²) in [5.41, 5.74) is 0. The Morgan fingerprint density at radius 3 is 2.50 bits per heavy atom. The molecule has 0 radical (unpaired) electrons. The molecule has 0 saturated carbocycles. The highest BCUT2D eigenvalue weighted by Crippen LogP contribution is 2.06. The van der Waals surface area contributed by atoms with Gasteiger partial charge in [0.05, 0.1) is 32.8 Å². The van der Waals surface area contributed by atoms with E-state index in [2.05, 4.69) is 34.5 Å². The zero-order chi connectivity index (χ0) is 16.0. The van der Waals surface area contributed by atoms with Crippen LogP contribution in [-0.2, 0) is 19.1 Å². The number of ether oxygens (including phenoxy) is 2. The van der Waals surface area contributed by atoms with Gasteiger partial charge in [0.15, 0.2) is 0 Å². The van der Waals surface area contributed by atoms with E-state index in [9.17, 15) is 9.59 Å². The number of hydrogen-bond acceptors (Lipinski definition) is 5. The van der Waals surface area contributed by atoms with Gasteiger partial charge >= 0.3 is 0 Å². The maximum Gasteiger partial charge on any atom is 0.247 e. The van der Waals surface area contributed by atoms with Crippen molar-refractivity contribution in [2.45, 2.75) is 25.3 Å². The normalized spacial score (nSPS) is 16.1. The first-order valence-corrected chi connectivity index (χ1v) is 7.54. The van der Waals surface area contributed by atoms with Crippen LogP contribution in [0.15, 0.2) is 17.1 Å². The van der Waals surface area contributed by atoms with Crippen molar-refractivity contribution in [3.63, 3.8) is 0 Å².